The van der Waals surface area contributed by atoms with Crippen LogP contribution in [0.25, 0.3) is 16.7 Å². The number of carbonyl (C=O) groups excluding carboxylic acids is 1. The fourth-order valence-electron chi connectivity index (χ4n) is 4.47. The maximum Gasteiger partial charge on any atom is 0.273 e. The Morgan fingerprint density at radius 3 is 2.60 bits per heavy atom. The Balaban J connectivity index is 1.38. The summed E-state index contributed by atoms with van der Waals surface area (Å²) < 4.78 is 1.82. The number of fused-ring (bicyclic) bond motifs is 1. The van der Waals surface area contributed by atoms with Crippen LogP contribution >= 0.6 is 0 Å². The van der Waals surface area contributed by atoms with Gasteiger partial charge in [-0.15, -0.1) is 0 Å². The lowest BCUT2D eigenvalue weighted by Gasteiger charge is -2.23. The number of amides is 1. The second-order valence-corrected chi connectivity index (χ2v) is 8.27. The van der Waals surface area contributed by atoms with Gasteiger partial charge >= 0.3 is 0 Å². The Kier molecular flexibility index (Phi) is 3.97. The van der Waals surface area contributed by atoms with Crippen molar-refractivity contribution in [2.75, 3.05) is 6.54 Å². The Hall–Kier alpha value is -3.41. The van der Waals surface area contributed by atoms with Crippen LogP contribution in [-0.2, 0) is 0 Å². The molecule has 0 bridgehead atoms. The molecule has 0 radical (unpaired) electrons. The molecule has 1 N–H and O–H groups in total. The molecule has 2 fully saturated rings. The second kappa shape index (κ2) is 6.83. The van der Waals surface area contributed by atoms with Gasteiger partial charge in [-0.2, -0.15) is 5.10 Å². The minimum absolute atomic E-state index is 0.0289. The predicted molar refractivity (Wildman–Crippen MR) is 115 cm³/mol. The number of hydrogen-bond acceptors (Lipinski definition) is 3. The van der Waals surface area contributed by atoms with E-state index in [1.165, 1.54) is 0 Å². The lowest BCUT2D eigenvalue weighted by atomic mass is 10.2. The Labute approximate surface area is 174 Å². The molecule has 1 aliphatic carbocycles. The monoisotopic (exact) mass is 397 g/mol. The molecule has 4 aromatic rings. The molecule has 2 aromatic heterocycles. The number of rotatable bonds is 4. The summed E-state index contributed by atoms with van der Waals surface area (Å²) in [5.41, 5.74) is 4.55. The van der Waals surface area contributed by atoms with Gasteiger partial charge in [0.25, 0.3) is 5.91 Å². The minimum Gasteiger partial charge on any atom is -0.340 e. The first-order valence-electron chi connectivity index (χ1n) is 10.7. The first-order chi connectivity index (χ1) is 14.8. The van der Waals surface area contributed by atoms with E-state index in [0.717, 1.165) is 60.5 Å². The fourth-order valence-corrected chi connectivity index (χ4v) is 4.47. The number of aromatic nitrogens is 4. The van der Waals surface area contributed by atoms with Crippen molar-refractivity contribution in [1.82, 2.24) is 24.6 Å². The molecule has 1 saturated carbocycles. The van der Waals surface area contributed by atoms with Crippen molar-refractivity contribution in [3.63, 3.8) is 0 Å². The number of carbonyl (C=O) groups is 1. The van der Waals surface area contributed by atoms with Crippen LogP contribution in [0.1, 0.15) is 59.6 Å². The highest BCUT2D eigenvalue weighted by molar-refractivity contribution is 5.94. The highest BCUT2D eigenvalue weighted by atomic mass is 16.2. The normalized spacial score (nSPS) is 18.9. The van der Waals surface area contributed by atoms with Gasteiger partial charge in [0.1, 0.15) is 11.5 Å². The first-order valence-corrected chi connectivity index (χ1v) is 10.7. The van der Waals surface area contributed by atoms with Gasteiger partial charge in [0.15, 0.2) is 0 Å². The average Bonchev–Trinajstić information content (AvgIpc) is 3.20. The molecule has 1 amide bonds. The highest BCUT2D eigenvalue weighted by Crippen LogP contribution is 2.40. The smallest absolute Gasteiger partial charge is 0.273 e. The number of para-hydroxylation sites is 3. The van der Waals surface area contributed by atoms with Crippen LogP contribution in [0.2, 0.25) is 0 Å². The molecular formula is C24H23N5O. The zero-order valence-corrected chi connectivity index (χ0v) is 16.7. The van der Waals surface area contributed by atoms with Crippen molar-refractivity contribution >= 4 is 16.9 Å². The van der Waals surface area contributed by atoms with E-state index in [1.807, 2.05) is 70.2 Å². The van der Waals surface area contributed by atoms with Gasteiger partial charge in [-0.1, -0.05) is 30.3 Å². The van der Waals surface area contributed by atoms with E-state index in [-0.39, 0.29) is 11.9 Å². The lowest BCUT2D eigenvalue weighted by Crippen LogP contribution is -2.32. The molecule has 3 heterocycles. The number of nitrogens with one attached hydrogen (secondary N) is 1. The van der Waals surface area contributed by atoms with E-state index in [2.05, 4.69) is 4.98 Å². The molecule has 2 aromatic carbocycles. The van der Waals surface area contributed by atoms with Crippen LogP contribution in [0.4, 0.5) is 0 Å². The van der Waals surface area contributed by atoms with E-state index < -0.39 is 0 Å². The van der Waals surface area contributed by atoms with Gasteiger partial charge in [-0.05, 0) is 56.0 Å². The maximum absolute atomic E-state index is 13.7. The molecule has 6 heteroatoms. The summed E-state index contributed by atoms with van der Waals surface area (Å²) in [4.78, 5) is 23.9. The largest absolute Gasteiger partial charge is 0.340 e. The lowest BCUT2D eigenvalue weighted by molar-refractivity contribution is 0.0721. The van der Waals surface area contributed by atoms with Crippen molar-refractivity contribution in [1.29, 1.82) is 0 Å². The molecule has 2 aliphatic rings. The van der Waals surface area contributed by atoms with Gasteiger partial charge in [0.2, 0.25) is 0 Å². The van der Waals surface area contributed by atoms with Gasteiger partial charge in [0.05, 0.1) is 28.5 Å². The number of H-pyrrole nitrogens is 1. The number of aromatic amines is 1. The molecule has 0 spiro atoms. The molecule has 6 rings (SSSR count). The van der Waals surface area contributed by atoms with Crippen molar-refractivity contribution in [3.8, 4) is 5.69 Å². The SMILES string of the molecule is O=C(c1cc(C2CC2)nn1-c1ccccc1)N1CCCC1c1nc2ccccc2[nH]1. The highest BCUT2D eigenvalue weighted by Gasteiger charge is 2.36. The summed E-state index contributed by atoms with van der Waals surface area (Å²) in [6.07, 6.45) is 4.21. The average molecular weight is 397 g/mol. The molecule has 6 nitrogen and oxygen atoms in total. The van der Waals surface area contributed by atoms with Crippen LogP contribution in [0.3, 0.4) is 0 Å². The summed E-state index contributed by atoms with van der Waals surface area (Å²) in [5, 5.41) is 4.81. The van der Waals surface area contributed by atoms with Crippen molar-refractivity contribution < 1.29 is 4.79 Å². The van der Waals surface area contributed by atoms with Crippen molar-refractivity contribution in [3.05, 3.63) is 77.9 Å². The van der Waals surface area contributed by atoms with Crippen LogP contribution in [0, 0.1) is 0 Å². The first kappa shape index (κ1) is 17.4. The summed E-state index contributed by atoms with van der Waals surface area (Å²) in [6.45, 7) is 0.735. The molecular weight excluding hydrogens is 374 g/mol. The van der Waals surface area contributed by atoms with Crippen LogP contribution in [-0.4, -0.2) is 37.1 Å². The van der Waals surface area contributed by atoms with E-state index in [0.29, 0.717) is 11.6 Å². The zero-order valence-electron chi connectivity index (χ0n) is 16.7. The summed E-state index contributed by atoms with van der Waals surface area (Å²) in [7, 11) is 0. The van der Waals surface area contributed by atoms with Gasteiger partial charge < -0.3 is 9.88 Å². The van der Waals surface area contributed by atoms with Gasteiger partial charge in [-0.3, -0.25) is 4.79 Å². The Morgan fingerprint density at radius 2 is 1.80 bits per heavy atom. The number of likely N-dealkylation sites (tertiary alicyclic amines) is 1. The maximum atomic E-state index is 13.7. The summed E-state index contributed by atoms with van der Waals surface area (Å²) >= 11 is 0. The van der Waals surface area contributed by atoms with E-state index in [9.17, 15) is 4.79 Å². The van der Waals surface area contributed by atoms with Gasteiger partial charge in [-0.25, -0.2) is 9.67 Å². The van der Waals surface area contributed by atoms with E-state index >= 15 is 0 Å². The van der Waals surface area contributed by atoms with Crippen LogP contribution in [0.5, 0.6) is 0 Å². The van der Waals surface area contributed by atoms with Crippen LogP contribution < -0.4 is 0 Å². The third kappa shape index (κ3) is 2.91. The molecule has 1 unspecified atom stereocenters. The number of nitrogens with zero attached hydrogens (tertiary/aromatic N) is 4. The minimum atomic E-state index is -0.0339. The van der Waals surface area contributed by atoms with Gasteiger partial charge in [0, 0.05) is 12.5 Å². The standard InChI is InChI=1S/C24H23N5O/c30-24(22-15-20(16-12-13-16)27-29(22)17-7-2-1-3-8-17)28-14-6-11-21(28)23-25-18-9-4-5-10-19(18)26-23/h1-5,7-10,15-16,21H,6,11-14H2,(H,25,26). The quantitative estimate of drug-likeness (QED) is 0.547. The fraction of sp³-hybridized carbons (Fsp3) is 0.292. The summed E-state index contributed by atoms with van der Waals surface area (Å²) in [6, 6.07) is 19.9. The topological polar surface area (TPSA) is 66.8 Å². The Morgan fingerprint density at radius 1 is 1.00 bits per heavy atom. The zero-order chi connectivity index (χ0) is 20.1. The van der Waals surface area contributed by atoms with Crippen molar-refractivity contribution in [2.24, 2.45) is 0 Å². The number of hydrogen-bond donors (Lipinski definition) is 1. The number of imidazole rings is 1. The molecule has 1 aliphatic heterocycles. The van der Waals surface area contributed by atoms with E-state index in [4.69, 9.17) is 10.1 Å². The molecule has 30 heavy (non-hydrogen) atoms. The van der Waals surface area contributed by atoms with Crippen LogP contribution in [0.15, 0.2) is 60.7 Å². The molecule has 150 valence electrons. The third-order valence-electron chi connectivity index (χ3n) is 6.18. The molecule has 1 saturated heterocycles. The van der Waals surface area contributed by atoms with Crippen molar-refractivity contribution in [2.45, 2.75) is 37.6 Å². The van der Waals surface area contributed by atoms with E-state index in [1.54, 1.807) is 0 Å². The summed E-state index contributed by atoms with van der Waals surface area (Å²) in [5.74, 6) is 1.39. The molecule has 1 atom stereocenters. The second-order valence-electron chi connectivity index (χ2n) is 8.27. The third-order valence-corrected chi connectivity index (χ3v) is 6.18. The Bertz CT molecular complexity index is 1190. The predicted octanol–water partition coefficient (Wildman–Crippen LogP) is 4.60. The number of benzene rings is 2.